The van der Waals surface area contributed by atoms with E-state index in [1.165, 1.54) is 33.4 Å². The molecule has 10 nitrogen and oxygen atoms in total. The summed E-state index contributed by atoms with van der Waals surface area (Å²) >= 11 is 9.53. The molecule has 2 heterocycles. The molecule has 6 aromatic carbocycles. The largest absolute Gasteiger partial charge is 2.00 e. The van der Waals surface area contributed by atoms with Crippen molar-refractivity contribution in [2.75, 3.05) is 5.34 Å². The summed E-state index contributed by atoms with van der Waals surface area (Å²) in [6.45, 7) is 25.3. The van der Waals surface area contributed by atoms with Crippen LogP contribution >= 0.6 is 23.2 Å². The predicted molar refractivity (Wildman–Crippen MR) is 315 cm³/mol. The quantitative estimate of drug-likeness (QED) is 0.120. The molecule has 4 saturated carbocycles. The molecule has 4 aliphatic rings. The number of hydrogen-bond acceptors (Lipinski definition) is 6. The average molecular weight is 1320 g/mol. The van der Waals surface area contributed by atoms with E-state index in [0.717, 1.165) is 49.3 Å². The van der Waals surface area contributed by atoms with Crippen LogP contribution in [0.2, 0.25) is 0 Å². The first kappa shape index (κ1) is 72.7. The Bertz CT molecular complexity index is 3220. The summed E-state index contributed by atoms with van der Waals surface area (Å²) < 4.78 is 0. The van der Waals surface area contributed by atoms with Crippen LogP contribution in [0.1, 0.15) is 125 Å². The summed E-state index contributed by atoms with van der Waals surface area (Å²) in [7, 11) is 0. The summed E-state index contributed by atoms with van der Waals surface area (Å²) in [6.07, 6.45) is 5.58. The fraction of sp³-hybridized carbons (Fsp3) is 0.391. The summed E-state index contributed by atoms with van der Waals surface area (Å²) in [6, 6.07) is 43.1. The molecular formula is C69H74Cl2Mo2N2O8-12. The van der Waals surface area contributed by atoms with Gasteiger partial charge in [0.1, 0.15) is 0 Å². The Morgan fingerprint density at radius 3 is 1.01 bits per heavy atom. The Morgan fingerprint density at radius 2 is 0.735 bits per heavy atom. The molecule has 0 N–H and O–H groups in total. The van der Waals surface area contributed by atoms with E-state index in [1.54, 1.807) is 0 Å². The fourth-order valence-electron chi connectivity index (χ4n) is 15.3. The number of rotatable bonds is 5. The zero-order chi connectivity index (χ0) is 55.6. The molecule has 4 fully saturated rings. The smallest absolute Gasteiger partial charge is 0.0967 e. The van der Waals surface area contributed by atoms with Gasteiger partial charge in [-0.1, -0.05) is 195 Å². The summed E-state index contributed by atoms with van der Waals surface area (Å²) in [4.78, 5) is 10.1. The van der Waals surface area contributed by atoms with Gasteiger partial charge in [-0.05, 0) is 194 Å². The molecule has 0 radical (unpaired) electrons. The van der Waals surface area contributed by atoms with E-state index in [9.17, 15) is 0 Å². The van der Waals surface area contributed by atoms with Gasteiger partial charge in [-0.2, -0.15) is 0 Å². The van der Waals surface area contributed by atoms with Crippen molar-refractivity contribution in [1.29, 1.82) is 0 Å². The fourth-order valence-corrected chi connectivity index (χ4v) is 15.3. The van der Waals surface area contributed by atoms with Crippen LogP contribution in [0.25, 0.3) is 55.2 Å². The maximum atomic E-state index is 15.2. The number of halogens is 2. The molecule has 0 aliphatic heterocycles. The van der Waals surface area contributed by atoms with Gasteiger partial charge in [-0.25, -0.2) is 0 Å². The standard InChI is InChI=1S/C50H50N2O4.2C9H12.CH2Cl2.2Mo.4O/c1-45(2)31-21-23-47(5,27-31)49(45,55)39-19-11-17-37(51-39)35-25-29-13-7-9-15-33(29)41(43(35)53)42-34-16-10-8-14-30(34)26-36(44(42)54)38-18-12-20-40(52-38)50(56)46(3,4)32-22-24-48(50,6)28-32;2*1-7-4-8(2)6-9(3)5-7;2-1-3;;;;;;/h7-20,25-26,31-32,53-54H,21-24,27-28H2,1-6H3;2*4-6H,1-3H3;1H2;;;;;;/q-2;;;;;;4*-2/p-2/t31-,32-,47+,48+,49-,50-;;;;;;;;;/m0........./s1. The second-order valence-corrected chi connectivity index (χ2v) is 25.6. The van der Waals surface area contributed by atoms with Crippen LogP contribution in [0.4, 0.5) is 0 Å². The summed E-state index contributed by atoms with van der Waals surface area (Å²) in [5.74, 6) is 0.0168. The minimum Gasteiger partial charge on any atom is -2.00 e. The minimum absolute atomic E-state index is 0. The van der Waals surface area contributed by atoms with Gasteiger partial charge in [0.15, 0.2) is 0 Å². The van der Waals surface area contributed by atoms with Gasteiger partial charge in [0, 0.05) is 53.5 Å². The van der Waals surface area contributed by atoms with E-state index in [-0.39, 0.29) is 80.9 Å². The monoisotopic (exact) mass is 1320 g/mol. The predicted octanol–water partition coefficient (Wildman–Crippen LogP) is 14.9. The average Bonchev–Trinajstić information content (AvgIpc) is 3.24. The van der Waals surface area contributed by atoms with Gasteiger partial charge >= 0.3 is 0 Å². The van der Waals surface area contributed by atoms with Gasteiger partial charge < -0.3 is 42.3 Å². The second kappa shape index (κ2) is 27.4. The summed E-state index contributed by atoms with van der Waals surface area (Å²) in [5, 5.41) is 63.9. The summed E-state index contributed by atoms with van der Waals surface area (Å²) in [5.41, 5.74) is 6.56. The second-order valence-electron chi connectivity index (χ2n) is 24.8. The maximum Gasteiger partial charge on any atom is 0.0967 e. The molecule has 0 saturated heterocycles. The molecule has 12 rings (SSSR count). The third-order valence-corrected chi connectivity index (χ3v) is 18.8. The number of alkyl halides is 2. The molecule has 446 valence electrons. The molecule has 83 heavy (non-hydrogen) atoms. The third-order valence-electron chi connectivity index (χ3n) is 18.8. The van der Waals surface area contributed by atoms with Crippen molar-refractivity contribution in [2.45, 2.75) is 133 Å². The topological polar surface area (TPSA) is 232 Å². The van der Waals surface area contributed by atoms with Gasteiger partial charge in [-0.15, -0.1) is 23.2 Å². The first-order chi connectivity index (χ1) is 36.3. The first-order valence-corrected chi connectivity index (χ1v) is 28.5. The van der Waals surface area contributed by atoms with Crippen molar-refractivity contribution < 1.29 is 84.5 Å². The Labute approximate surface area is 530 Å². The number of aromatic nitrogens is 2. The Morgan fingerprint density at radius 1 is 0.446 bits per heavy atom. The van der Waals surface area contributed by atoms with E-state index < -0.39 is 32.9 Å². The Balaban J connectivity index is 0.000000569. The Hall–Kier alpha value is -4.54. The molecule has 2 aromatic heterocycles. The van der Waals surface area contributed by atoms with Crippen molar-refractivity contribution in [3.8, 4) is 45.1 Å². The van der Waals surface area contributed by atoms with Crippen molar-refractivity contribution in [2.24, 2.45) is 33.5 Å². The maximum absolute atomic E-state index is 15.2. The third kappa shape index (κ3) is 12.6. The zero-order valence-electron chi connectivity index (χ0n) is 49.5. The molecule has 0 amide bonds. The SMILES string of the molecule is CC1(C)[C@H]2CC[C@](C)(C2)[C@]1([O-])c1cccc(-c2cc3ccccc3c(-c3c([O-])c(-c4cccc([C@]5([O-])C(C)(C)[C@H]6CC[C@]5(C)C6)n4)cc4ccccc34)c2[O-])n1.Cc1cc(C)cc(C)c1.Cc1cc(C)cc(C)c1.ClCCl.[Mo].[Mo].[O-2].[O-2].[O-2].[O-2]. The molecule has 4 bridgehead atoms. The van der Waals surface area contributed by atoms with E-state index in [4.69, 9.17) is 33.2 Å². The van der Waals surface area contributed by atoms with Crippen LogP contribution < -0.4 is 20.4 Å². The van der Waals surface area contributed by atoms with Gasteiger partial charge in [0.05, 0.1) is 16.7 Å². The van der Waals surface area contributed by atoms with E-state index in [1.807, 2.05) is 97.1 Å². The molecule has 6 atom stereocenters. The van der Waals surface area contributed by atoms with Crippen LogP contribution in [-0.2, 0) is 75.2 Å². The molecule has 8 aromatic rings. The van der Waals surface area contributed by atoms with Gasteiger partial charge in [-0.3, -0.25) is 9.97 Å². The van der Waals surface area contributed by atoms with Crippen molar-refractivity contribution in [3.63, 3.8) is 0 Å². The van der Waals surface area contributed by atoms with Crippen LogP contribution in [0.3, 0.4) is 0 Å². The number of aryl methyl sites for hydroxylation is 6. The molecule has 4 aliphatic carbocycles. The Kier molecular flexibility index (Phi) is 24.0. The van der Waals surface area contributed by atoms with Crippen LogP contribution in [-0.4, -0.2) is 15.3 Å². The first-order valence-electron chi connectivity index (χ1n) is 27.4. The number of benzene rings is 6. The number of hydrogen-bond donors (Lipinski definition) is 0. The van der Waals surface area contributed by atoms with Gasteiger partial charge in [0.2, 0.25) is 0 Å². The van der Waals surface area contributed by atoms with Crippen molar-refractivity contribution in [3.05, 3.63) is 178 Å². The molecule has 0 unspecified atom stereocenters. The molecule has 0 spiro atoms. The number of pyridine rings is 2. The van der Waals surface area contributed by atoms with E-state index >= 15 is 20.4 Å². The normalized spacial score (nSPS) is 23.3. The van der Waals surface area contributed by atoms with Crippen LogP contribution in [0, 0.1) is 75.0 Å². The van der Waals surface area contributed by atoms with Crippen molar-refractivity contribution >= 4 is 44.7 Å². The van der Waals surface area contributed by atoms with Gasteiger partial charge in [0.25, 0.3) is 0 Å². The molecule has 14 heteroatoms. The van der Waals surface area contributed by atoms with Crippen molar-refractivity contribution in [1.82, 2.24) is 9.97 Å². The molecular weight excluding hydrogens is 1250 g/mol. The number of fused-ring (bicyclic) bond motifs is 6. The van der Waals surface area contributed by atoms with Crippen LogP contribution in [0.5, 0.6) is 11.5 Å². The zero-order valence-corrected chi connectivity index (χ0v) is 55.1. The minimum atomic E-state index is -1.41. The van der Waals surface area contributed by atoms with E-state index in [0.29, 0.717) is 67.6 Å². The number of nitrogens with zero attached hydrogens (tertiary/aromatic N) is 2. The van der Waals surface area contributed by atoms with Crippen LogP contribution in [0.15, 0.2) is 133 Å². The van der Waals surface area contributed by atoms with E-state index in [2.05, 4.69) is 119 Å².